The number of benzene rings is 1. The summed E-state index contributed by atoms with van der Waals surface area (Å²) in [7, 11) is 0. The number of aromatic hydroxyl groups is 2. The minimum atomic E-state index is -1.02. The predicted molar refractivity (Wildman–Crippen MR) is 35.1 cm³/mol. The van der Waals surface area contributed by atoms with Crippen molar-refractivity contribution in [2.75, 3.05) is 0 Å². The van der Waals surface area contributed by atoms with Crippen LogP contribution in [0.15, 0.2) is 12.1 Å². The van der Waals surface area contributed by atoms with Gasteiger partial charge in [0, 0.05) is 6.07 Å². The van der Waals surface area contributed by atoms with Gasteiger partial charge in [0.2, 0.25) is 0 Å². The Labute approximate surface area is 61.7 Å². The third-order valence-corrected chi connectivity index (χ3v) is 1.19. The van der Waals surface area contributed by atoms with Crippen LogP contribution >= 0.6 is 0 Å². The summed E-state index contributed by atoms with van der Waals surface area (Å²) < 4.78 is 12.6. The van der Waals surface area contributed by atoms with Crippen LogP contribution in [-0.2, 0) is 0 Å². The summed E-state index contributed by atoms with van der Waals surface area (Å²) in [5, 5.41) is 17.5. The van der Waals surface area contributed by atoms with Crippen molar-refractivity contribution in [1.82, 2.24) is 0 Å². The van der Waals surface area contributed by atoms with Crippen molar-refractivity contribution in [3.05, 3.63) is 23.5 Å². The van der Waals surface area contributed by atoms with Gasteiger partial charge in [-0.15, -0.1) is 0 Å². The Kier molecular flexibility index (Phi) is 1.76. The van der Waals surface area contributed by atoms with Gasteiger partial charge in [0.15, 0.2) is 17.9 Å². The molecule has 0 saturated heterocycles. The van der Waals surface area contributed by atoms with Crippen LogP contribution in [0.3, 0.4) is 0 Å². The molecule has 0 aliphatic rings. The van der Waals surface area contributed by atoms with Gasteiger partial charge in [0.1, 0.15) is 5.75 Å². The number of halogens is 1. The molecule has 0 aliphatic heterocycles. The molecule has 0 saturated carbocycles. The Morgan fingerprint density at radius 2 is 2.00 bits per heavy atom. The number of hydrogen-bond acceptors (Lipinski definition) is 3. The lowest BCUT2D eigenvalue weighted by Gasteiger charge is -1.98. The van der Waals surface area contributed by atoms with Crippen LogP contribution < -0.4 is 0 Å². The SMILES string of the molecule is O=Cc1cc(O)cc(O)c1F. The molecule has 2 N–H and O–H groups in total. The third kappa shape index (κ3) is 1.29. The molecule has 0 bridgehead atoms. The molecule has 58 valence electrons. The van der Waals surface area contributed by atoms with Crippen LogP contribution in [-0.4, -0.2) is 16.5 Å². The highest BCUT2D eigenvalue weighted by molar-refractivity contribution is 5.77. The van der Waals surface area contributed by atoms with Gasteiger partial charge in [-0.05, 0) is 6.07 Å². The highest BCUT2D eigenvalue weighted by Gasteiger charge is 2.07. The lowest BCUT2D eigenvalue weighted by atomic mass is 10.2. The molecule has 0 aromatic heterocycles. The van der Waals surface area contributed by atoms with E-state index in [9.17, 15) is 9.18 Å². The first kappa shape index (κ1) is 7.53. The lowest BCUT2D eigenvalue weighted by molar-refractivity contribution is 0.111. The van der Waals surface area contributed by atoms with Crippen LogP contribution in [0.5, 0.6) is 11.5 Å². The van der Waals surface area contributed by atoms with Gasteiger partial charge >= 0.3 is 0 Å². The van der Waals surface area contributed by atoms with Crippen molar-refractivity contribution in [3.8, 4) is 11.5 Å². The van der Waals surface area contributed by atoms with E-state index in [0.717, 1.165) is 12.1 Å². The first-order valence-electron chi connectivity index (χ1n) is 2.82. The van der Waals surface area contributed by atoms with Gasteiger partial charge in [-0.25, -0.2) is 4.39 Å². The van der Waals surface area contributed by atoms with Gasteiger partial charge in [-0.3, -0.25) is 4.79 Å². The molecule has 3 nitrogen and oxygen atoms in total. The molecule has 0 aliphatic carbocycles. The fourth-order valence-electron chi connectivity index (χ4n) is 0.701. The maximum atomic E-state index is 12.6. The Bertz CT molecular complexity index is 296. The fraction of sp³-hybridized carbons (Fsp3) is 0. The number of carbonyl (C=O) groups excluding carboxylic acids is 1. The van der Waals surface area contributed by atoms with Gasteiger partial charge < -0.3 is 10.2 Å². The molecule has 0 unspecified atom stereocenters. The van der Waals surface area contributed by atoms with Crippen molar-refractivity contribution in [3.63, 3.8) is 0 Å². The van der Waals surface area contributed by atoms with E-state index < -0.39 is 11.6 Å². The van der Waals surface area contributed by atoms with Crippen LogP contribution in [0, 0.1) is 5.82 Å². The number of carbonyl (C=O) groups is 1. The lowest BCUT2D eigenvalue weighted by Crippen LogP contribution is -1.86. The molecular weight excluding hydrogens is 151 g/mol. The fourth-order valence-corrected chi connectivity index (χ4v) is 0.701. The second-order valence-corrected chi connectivity index (χ2v) is 1.99. The van der Waals surface area contributed by atoms with Gasteiger partial charge in [-0.2, -0.15) is 0 Å². The van der Waals surface area contributed by atoms with Crippen LogP contribution in [0.4, 0.5) is 4.39 Å². The third-order valence-electron chi connectivity index (χ3n) is 1.19. The highest BCUT2D eigenvalue weighted by Crippen LogP contribution is 2.23. The molecule has 4 heteroatoms. The van der Waals surface area contributed by atoms with E-state index in [0.29, 0.717) is 0 Å². The van der Waals surface area contributed by atoms with E-state index in [1.54, 1.807) is 0 Å². The zero-order chi connectivity index (χ0) is 8.43. The molecule has 0 heterocycles. The average Bonchev–Trinajstić information content (AvgIpc) is 1.96. The van der Waals surface area contributed by atoms with Crippen molar-refractivity contribution < 1.29 is 19.4 Å². The summed E-state index contributed by atoms with van der Waals surface area (Å²) in [4.78, 5) is 10.1. The van der Waals surface area contributed by atoms with Crippen LogP contribution in [0.25, 0.3) is 0 Å². The molecule has 0 atom stereocenters. The molecule has 0 fully saturated rings. The zero-order valence-corrected chi connectivity index (χ0v) is 5.41. The molecule has 1 aromatic rings. The zero-order valence-electron chi connectivity index (χ0n) is 5.41. The van der Waals surface area contributed by atoms with Crippen molar-refractivity contribution in [1.29, 1.82) is 0 Å². The summed E-state index contributed by atoms with van der Waals surface area (Å²) in [5.74, 6) is -2.09. The van der Waals surface area contributed by atoms with E-state index in [4.69, 9.17) is 10.2 Å². The maximum Gasteiger partial charge on any atom is 0.175 e. The summed E-state index contributed by atoms with van der Waals surface area (Å²) in [5.41, 5.74) is -0.359. The minimum Gasteiger partial charge on any atom is -0.508 e. The number of phenols is 2. The second kappa shape index (κ2) is 2.57. The van der Waals surface area contributed by atoms with Crippen molar-refractivity contribution >= 4 is 6.29 Å². The largest absolute Gasteiger partial charge is 0.508 e. The molecule has 11 heavy (non-hydrogen) atoms. The Morgan fingerprint density at radius 1 is 1.36 bits per heavy atom. The minimum absolute atomic E-state index is 0.217. The first-order chi connectivity index (χ1) is 5.15. The first-order valence-corrected chi connectivity index (χ1v) is 2.82. The molecule has 0 amide bonds. The van der Waals surface area contributed by atoms with E-state index in [2.05, 4.69) is 0 Å². The van der Waals surface area contributed by atoms with Gasteiger partial charge in [-0.1, -0.05) is 0 Å². The number of hydrogen-bond donors (Lipinski definition) is 2. The van der Waals surface area contributed by atoms with Crippen LogP contribution in [0.2, 0.25) is 0 Å². The smallest absolute Gasteiger partial charge is 0.175 e. The van der Waals surface area contributed by atoms with Gasteiger partial charge in [0.25, 0.3) is 0 Å². The summed E-state index contributed by atoms with van der Waals surface area (Å²) in [6.07, 6.45) is 0.217. The summed E-state index contributed by atoms with van der Waals surface area (Å²) in [6, 6.07) is 1.75. The molecule has 1 aromatic carbocycles. The topological polar surface area (TPSA) is 57.5 Å². The number of rotatable bonds is 1. The molecule has 1 rings (SSSR count). The highest BCUT2D eigenvalue weighted by atomic mass is 19.1. The standard InChI is InChI=1S/C7H5FO3/c8-7-4(3-9)1-5(10)2-6(7)11/h1-3,10-11H. The Hall–Kier alpha value is -1.58. The van der Waals surface area contributed by atoms with Crippen LogP contribution in [0.1, 0.15) is 10.4 Å². The molecule has 0 radical (unpaired) electrons. The molecule has 0 spiro atoms. The van der Waals surface area contributed by atoms with E-state index >= 15 is 0 Å². The predicted octanol–water partition coefficient (Wildman–Crippen LogP) is 1.05. The molecular formula is C7H5FO3. The van der Waals surface area contributed by atoms with E-state index in [-0.39, 0.29) is 17.6 Å². The average molecular weight is 156 g/mol. The van der Waals surface area contributed by atoms with Gasteiger partial charge in [0.05, 0.1) is 5.56 Å². The van der Waals surface area contributed by atoms with Crippen molar-refractivity contribution in [2.45, 2.75) is 0 Å². The Balaban J connectivity index is 3.35. The Morgan fingerprint density at radius 3 is 2.55 bits per heavy atom. The summed E-state index contributed by atoms with van der Waals surface area (Å²) in [6.45, 7) is 0. The van der Waals surface area contributed by atoms with E-state index in [1.165, 1.54) is 0 Å². The normalized spacial score (nSPS) is 9.55. The summed E-state index contributed by atoms with van der Waals surface area (Å²) >= 11 is 0. The quantitative estimate of drug-likeness (QED) is 0.597. The monoisotopic (exact) mass is 156 g/mol. The number of phenolic OH excluding ortho intramolecular Hbond substituents is 2. The van der Waals surface area contributed by atoms with Crippen molar-refractivity contribution in [2.24, 2.45) is 0 Å². The van der Waals surface area contributed by atoms with E-state index in [1.807, 2.05) is 0 Å². The maximum absolute atomic E-state index is 12.6. The second-order valence-electron chi connectivity index (χ2n) is 1.99. The number of aldehydes is 1.